The summed E-state index contributed by atoms with van der Waals surface area (Å²) in [5.74, 6) is 0.389. The fourth-order valence-corrected chi connectivity index (χ4v) is 3.26. The number of aromatic amines is 1. The first-order valence-electron chi connectivity index (χ1n) is 8.91. The van der Waals surface area contributed by atoms with Crippen molar-refractivity contribution in [2.24, 2.45) is 0 Å². The first kappa shape index (κ1) is 18.8. The number of carbonyl (C=O) groups excluding carboxylic acids is 1. The monoisotopic (exact) mass is 372 g/mol. The van der Waals surface area contributed by atoms with E-state index in [1.165, 1.54) is 6.07 Å². The SMILES string of the molecule is CCOc1ncccc1C(=O)N1CC[C@@H](N(C)Cc2cc(=O)[nH]c(N)n2)C1. The number of nitrogens with zero attached hydrogens (tertiary/aromatic N) is 4. The molecule has 9 heteroatoms. The molecular weight excluding hydrogens is 348 g/mol. The van der Waals surface area contributed by atoms with Crippen molar-refractivity contribution in [1.29, 1.82) is 0 Å². The van der Waals surface area contributed by atoms with Crippen molar-refractivity contribution in [3.05, 3.63) is 46.0 Å². The molecule has 9 nitrogen and oxygen atoms in total. The quantitative estimate of drug-likeness (QED) is 0.758. The van der Waals surface area contributed by atoms with Crippen molar-refractivity contribution in [3.63, 3.8) is 0 Å². The van der Waals surface area contributed by atoms with Crippen LogP contribution in [0.5, 0.6) is 5.88 Å². The van der Waals surface area contributed by atoms with E-state index in [4.69, 9.17) is 10.5 Å². The van der Waals surface area contributed by atoms with E-state index >= 15 is 0 Å². The number of hydrogen-bond acceptors (Lipinski definition) is 7. The zero-order chi connectivity index (χ0) is 19.4. The highest BCUT2D eigenvalue weighted by atomic mass is 16.5. The third-order valence-electron chi connectivity index (χ3n) is 4.58. The number of nitrogen functional groups attached to an aromatic ring is 1. The van der Waals surface area contributed by atoms with Gasteiger partial charge < -0.3 is 15.4 Å². The lowest BCUT2D eigenvalue weighted by Crippen LogP contribution is -2.36. The van der Waals surface area contributed by atoms with E-state index in [9.17, 15) is 9.59 Å². The van der Waals surface area contributed by atoms with Gasteiger partial charge in [-0.15, -0.1) is 0 Å². The molecule has 3 N–H and O–H groups in total. The second-order valence-electron chi connectivity index (χ2n) is 6.52. The van der Waals surface area contributed by atoms with Gasteiger partial charge in [-0.1, -0.05) is 0 Å². The lowest BCUT2D eigenvalue weighted by molar-refractivity contribution is 0.0774. The average molecular weight is 372 g/mol. The minimum atomic E-state index is -0.269. The van der Waals surface area contributed by atoms with E-state index in [0.29, 0.717) is 43.4 Å². The fraction of sp³-hybridized carbons (Fsp3) is 0.444. The van der Waals surface area contributed by atoms with Crippen molar-refractivity contribution in [1.82, 2.24) is 24.8 Å². The zero-order valence-electron chi connectivity index (χ0n) is 15.5. The average Bonchev–Trinajstić information content (AvgIpc) is 3.11. The highest BCUT2D eigenvalue weighted by molar-refractivity contribution is 5.96. The van der Waals surface area contributed by atoms with Crippen LogP contribution in [0.1, 0.15) is 29.4 Å². The molecule has 1 atom stereocenters. The molecule has 1 aliphatic heterocycles. The van der Waals surface area contributed by atoms with Crippen LogP contribution in [0.2, 0.25) is 0 Å². The molecule has 0 bridgehead atoms. The molecule has 2 aromatic heterocycles. The molecule has 144 valence electrons. The summed E-state index contributed by atoms with van der Waals surface area (Å²) in [5.41, 5.74) is 6.41. The van der Waals surface area contributed by atoms with Gasteiger partial charge >= 0.3 is 0 Å². The van der Waals surface area contributed by atoms with Crippen LogP contribution >= 0.6 is 0 Å². The molecule has 1 aliphatic rings. The topological polar surface area (TPSA) is 117 Å². The fourth-order valence-electron chi connectivity index (χ4n) is 3.26. The number of anilines is 1. The van der Waals surface area contributed by atoms with E-state index in [1.54, 1.807) is 23.2 Å². The lowest BCUT2D eigenvalue weighted by atomic mass is 10.2. The highest BCUT2D eigenvalue weighted by Crippen LogP contribution is 2.22. The van der Waals surface area contributed by atoms with E-state index < -0.39 is 0 Å². The lowest BCUT2D eigenvalue weighted by Gasteiger charge is -2.24. The third-order valence-corrected chi connectivity index (χ3v) is 4.58. The first-order chi connectivity index (χ1) is 13.0. The van der Waals surface area contributed by atoms with Crippen molar-refractivity contribution < 1.29 is 9.53 Å². The van der Waals surface area contributed by atoms with Crippen molar-refractivity contribution in [3.8, 4) is 5.88 Å². The third kappa shape index (κ3) is 4.43. The Balaban J connectivity index is 1.65. The molecule has 0 aliphatic carbocycles. The second kappa shape index (κ2) is 8.17. The van der Waals surface area contributed by atoms with E-state index in [0.717, 1.165) is 6.42 Å². The summed E-state index contributed by atoms with van der Waals surface area (Å²) >= 11 is 0. The maximum Gasteiger partial charge on any atom is 0.259 e. The second-order valence-corrected chi connectivity index (χ2v) is 6.52. The number of amides is 1. The van der Waals surface area contributed by atoms with Gasteiger partial charge in [-0.3, -0.25) is 19.5 Å². The van der Waals surface area contributed by atoms with Gasteiger partial charge in [0.1, 0.15) is 5.56 Å². The standard InChI is InChI=1S/C18H24N6O3/c1-3-27-16-14(5-4-7-20-16)17(26)24-8-6-13(11-24)23(2)10-12-9-15(25)22-18(19)21-12/h4-5,7,9,13H,3,6,8,10-11H2,1-2H3,(H3,19,21,22,25)/t13-/m1/s1. The molecule has 1 saturated heterocycles. The van der Waals surface area contributed by atoms with E-state index in [-0.39, 0.29) is 23.5 Å². The Morgan fingerprint density at radius 2 is 2.33 bits per heavy atom. The zero-order valence-corrected chi connectivity index (χ0v) is 15.5. The smallest absolute Gasteiger partial charge is 0.259 e. The van der Waals surface area contributed by atoms with Gasteiger partial charge in [-0.25, -0.2) is 9.97 Å². The van der Waals surface area contributed by atoms with Crippen molar-refractivity contribution in [2.45, 2.75) is 25.9 Å². The number of rotatable bonds is 6. The summed E-state index contributed by atoms with van der Waals surface area (Å²) in [5, 5.41) is 0. The number of hydrogen-bond donors (Lipinski definition) is 2. The van der Waals surface area contributed by atoms with Gasteiger partial charge in [0.15, 0.2) is 0 Å². The molecule has 27 heavy (non-hydrogen) atoms. The molecule has 0 unspecified atom stereocenters. The molecule has 0 saturated carbocycles. The number of nitrogens with two attached hydrogens (primary N) is 1. The van der Waals surface area contributed by atoms with Crippen LogP contribution in [0.3, 0.4) is 0 Å². The Morgan fingerprint density at radius 1 is 1.52 bits per heavy atom. The van der Waals surface area contributed by atoms with Gasteiger partial charge in [-0.05, 0) is 32.5 Å². The number of likely N-dealkylation sites (tertiary alicyclic amines) is 1. The molecule has 0 aromatic carbocycles. The number of nitrogens with one attached hydrogen (secondary N) is 1. The molecule has 0 radical (unpaired) electrons. The minimum absolute atomic E-state index is 0.0824. The first-order valence-corrected chi connectivity index (χ1v) is 8.91. The van der Waals surface area contributed by atoms with Gasteiger partial charge in [0.2, 0.25) is 11.8 Å². The summed E-state index contributed by atoms with van der Waals surface area (Å²) in [4.78, 5) is 39.0. The Morgan fingerprint density at radius 3 is 3.07 bits per heavy atom. The molecule has 0 spiro atoms. The summed E-state index contributed by atoms with van der Waals surface area (Å²) in [6.45, 7) is 4.04. The van der Waals surface area contributed by atoms with E-state index in [2.05, 4.69) is 19.9 Å². The van der Waals surface area contributed by atoms with Crippen LogP contribution in [0.4, 0.5) is 5.95 Å². The summed E-state index contributed by atoms with van der Waals surface area (Å²) in [6, 6.07) is 5.08. The Labute approximate surface area is 157 Å². The van der Waals surface area contributed by atoms with E-state index in [1.807, 2.05) is 14.0 Å². The number of carbonyl (C=O) groups is 1. The molecule has 3 heterocycles. The number of likely N-dealkylation sites (N-methyl/N-ethyl adjacent to an activating group) is 1. The van der Waals surface area contributed by atoms with Crippen LogP contribution in [0.25, 0.3) is 0 Å². The summed E-state index contributed by atoms with van der Waals surface area (Å²) < 4.78 is 5.47. The van der Waals surface area contributed by atoms with Crippen LogP contribution in [0, 0.1) is 0 Å². The van der Waals surface area contributed by atoms with Crippen LogP contribution < -0.4 is 16.0 Å². The normalized spacial score (nSPS) is 16.7. The molecule has 1 amide bonds. The van der Waals surface area contributed by atoms with Gasteiger partial charge in [-0.2, -0.15) is 0 Å². The predicted molar refractivity (Wildman–Crippen MR) is 100 cm³/mol. The van der Waals surface area contributed by atoms with Crippen LogP contribution in [0.15, 0.2) is 29.2 Å². The van der Waals surface area contributed by atoms with Crippen LogP contribution in [-0.4, -0.2) is 63.4 Å². The van der Waals surface area contributed by atoms with Gasteiger partial charge in [0.25, 0.3) is 11.5 Å². The number of ether oxygens (including phenoxy) is 1. The maximum absolute atomic E-state index is 12.9. The molecule has 3 rings (SSSR count). The Bertz CT molecular complexity index is 868. The molecule has 1 fully saturated rings. The summed E-state index contributed by atoms with van der Waals surface area (Å²) in [7, 11) is 1.95. The van der Waals surface area contributed by atoms with Crippen molar-refractivity contribution >= 4 is 11.9 Å². The molecule has 2 aromatic rings. The van der Waals surface area contributed by atoms with Crippen molar-refractivity contribution in [2.75, 3.05) is 32.5 Å². The van der Waals surface area contributed by atoms with Crippen LogP contribution in [-0.2, 0) is 6.54 Å². The van der Waals surface area contributed by atoms with Gasteiger partial charge in [0.05, 0.1) is 12.3 Å². The maximum atomic E-state index is 12.9. The largest absolute Gasteiger partial charge is 0.477 e. The highest BCUT2D eigenvalue weighted by Gasteiger charge is 2.31. The summed E-state index contributed by atoms with van der Waals surface area (Å²) in [6.07, 6.45) is 2.45. The predicted octanol–water partition coefficient (Wildman–Crippen LogP) is 0.492. The minimum Gasteiger partial charge on any atom is -0.477 e. The Kier molecular flexibility index (Phi) is 5.70. The molecular formula is C18H24N6O3. The Hall–Kier alpha value is -2.94. The number of aromatic nitrogens is 3. The number of pyridine rings is 1. The number of H-pyrrole nitrogens is 1. The van der Waals surface area contributed by atoms with Gasteiger partial charge in [0, 0.05) is 37.9 Å².